The van der Waals surface area contributed by atoms with Gasteiger partial charge in [0.15, 0.2) is 0 Å². The zero-order valence-electron chi connectivity index (χ0n) is 18.0. The van der Waals surface area contributed by atoms with Crippen LogP contribution in [-0.2, 0) is 19.6 Å². The molecular formula is C24H27N3O4S. The second-order valence-electron chi connectivity index (χ2n) is 8.13. The van der Waals surface area contributed by atoms with E-state index in [4.69, 9.17) is 0 Å². The van der Waals surface area contributed by atoms with Crippen LogP contribution in [0.5, 0.6) is 0 Å². The summed E-state index contributed by atoms with van der Waals surface area (Å²) in [5.74, 6) is -0.390. The van der Waals surface area contributed by atoms with Gasteiger partial charge in [0.2, 0.25) is 21.8 Å². The molecule has 0 spiro atoms. The van der Waals surface area contributed by atoms with Crippen LogP contribution in [0.2, 0.25) is 0 Å². The van der Waals surface area contributed by atoms with E-state index in [-0.39, 0.29) is 23.1 Å². The second kappa shape index (κ2) is 9.26. The lowest BCUT2D eigenvalue weighted by molar-refractivity contribution is -0.129. The van der Waals surface area contributed by atoms with Crippen LogP contribution < -0.4 is 5.32 Å². The highest BCUT2D eigenvalue weighted by Gasteiger charge is 2.29. The van der Waals surface area contributed by atoms with E-state index in [0.29, 0.717) is 18.8 Å². The average molecular weight is 454 g/mol. The van der Waals surface area contributed by atoms with E-state index in [1.165, 1.54) is 23.4 Å². The first-order valence-electron chi connectivity index (χ1n) is 10.8. The number of nitrogens with zero attached hydrogens (tertiary/aromatic N) is 2. The van der Waals surface area contributed by atoms with Gasteiger partial charge in [-0.3, -0.25) is 9.59 Å². The van der Waals surface area contributed by atoms with Crippen molar-refractivity contribution in [2.75, 3.05) is 18.4 Å². The Balaban J connectivity index is 1.46. The van der Waals surface area contributed by atoms with Gasteiger partial charge in [-0.1, -0.05) is 30.7 Å². The van der Waals surface area contributed by atoms with Crippen molar-refractivity contribution >= 4 is 33.6 Å². The zero-order valence-corrected chi connectivity index (χ0v) is 18.8. The zero-order chi connectivity index (χ0) is 22.7. The van der Waals surface area contributed by atoms with Crippen LogP contribution in [0.3, 0.4) is 0 Å². The van der Waals surface area contributed by atoms with E-state index in [2.05, 4.69) is 5.32 Å². The lowest BCUT2D eigenvalue weighted by atomic mass is 9.93. The molecule has 1 N–H and O–H groups in total. The van der Waals surface area contributed by atoms with Gasteiger partial charge in [-0.25, -0.2) is 8.42 Å². The van der Waals surface area contributed by atoms with Crippen LogP contribution in [0.15, 0.2) is 59.6 Å². The predicted octanol–water partition coefficient (Wildman–Crippen LogP) is 3.76. The second-order valence-corrected chi connectivity index (χ2v) is 10.1. The molecule has 2 amide bonds. The van der Waals surface area contributed by atoms with Crippen molar-refractivity contribution in [2.45, 2.75) is 43.5 Å². The Kier molecular flexibility index (Phi) is 6.43. The number of piperidine rings is 1. The van der Waals surface area contributed by atoms with Crippen molar-refractivity contribution in [3.05, 3.63) is 65.9 Å². The number of carbonyl (C=O) groups excluding carboxylic acids is 2. The molecule has 1 saturated heterocycles. The number of carbonyl (C=O) groups is 2. The molecule has 7 nitrogen and oxygen atoms in total. The first-order chi connectivity index (χ1) is 15.4. The van der Waals surface area contributed by atoms with Gasteiger partial charge in [0, 0.05) is 31.9 Å². The molecule has 2 aromatic carbocycles. The predicted molar refractivity (Wildman–Crippen MR) is 123 cm³/mol. The summed E-state index contributed by atoms with van der Waals surface area (Å²) in [6, 6.07) is 13.6. The number of hydrogen-bond donors (Lipinski definition) is 1. The molecule has 8 heteroatoms. The maximum Gasteiger partial charge on any atom is 0.243 e. The summed E-state index contributed by atoms with van der Waals surface area (Å²) in [6.45, 7) is 2.57. The Labute approximate surface area is 188 Å². The summed E-state index contributed by atoms with van der Waals surface area (Å²) in [6.07, 6.45) is 6.48. The van der Waals surface area contributed by atoms with E-state index in [9.17, 15) is 18.0 Å². The lowest BCUT2D eigenvalue weighted by Gasteiger charge is -2.32. The van der Waals surface area contributed by atoms with Crippen LogP contribution in [0, 0.1) is 0 Å². The van der Waals surface area contributed by atoms with Gasteiger partial charge in [-0.05, 0) is 54.3 Å². The topological polar surface area (TPSA) is 86.8 Å². The summed E-state index contributed by atoms with van der Waals surface area (Å²) in [4.78, 5) is 26.7. The molecule has 0 saturated carbocycles. The molecule has 4 rings (SSSR count). The van der Waals surface area contributed by atoms with E-state index in [1.807, 2.05) is 30.3 Å². The Morgan fingerprint density at radius 2 is 1.69 bits per heavy atom. The fourth-order valence-electron chi connectivity index (χ4n) is 4.27. The molecule has 2 aliphatic heterocycles. The molecule has 0 aromatic heterocycles. The molecule has 168 valence electrons. The number of anilines is 1. The largest absolute Gasteiger partial charge is 0.326 e. The number of fused-ring (bicyclic) bond motifs is 1. The van der Waals surface area contributed by atoms with E-state index in [1.54, 1.807) is 23.2 Å². The molecular weight excluding hydrogens is 426 g/mol. The van der Waals surface area contributed by atoms with Gasteiger partial charge in [0.1, 0.15) is 0 Å². The molecule has 2 aliphatic rings. The van der Waals surface area contributed by atoms with Crippen molar-refractivity contribution in [3.8, 4) is 0 Å². The minimum absolute atomic E-state index is 0.0920. The highest BCUT2D eigenvalue weighted by atomic mass is 32.2. The first-order valence-corrected chi connectivity index (χ1v) is 12.3. The van der Waals surface area contributed by atoms with Crippen molar-refractivity contribution < 1.29 is 18.0 Å². The third kappa shape index (κ3) is 4.61. The van der Waals surface area contributed by atoms with Gasteiger partial charge in [0.05, 0.1) is 17.4 Å². The highest BCUT2D eigenvalue weighted by molar-refractivity contribution is 7.89. The lowest BCUT2D eigenvalue weighted by Crippen LogP contribution is -2.35. The van der Waals surface area contributed by atoms with Crippen LogP contribution in [0.1, 0.15) is 49.8 Å². The number of sulfonamides is 1. The normalized spacial score (nSPS) is 18.8. The summed E-state index contributed by atoms with van der Waals surface area (Å²) in [7, 11) is -3.51. The van der Waals surface area contributed by atoms with Crippen LogP contribution >= 0.6 is 0 Å². The molecule has 0 bridgehead atoms. The molecule has 1 atom stereocenters. The standard InChI is InChI=1S/C24H27N3O4S/c1-18(28)27-16-13-19-7-3-4-8-22(19)23(27)17-24(29)25-20-9-11-21(12-10-20)32(30,31)26-14-5-2-6-15-26/h3-4,7-13,16,23H,2,5-6,14-15,17H2,1H3,(H,25,29)/t23-/m0/s1. The third-order valence-electron chi connectivity index (χ3n) is 5.94. The van der Waals surface area contributed by atoms with Crippen molar-refractivity contribution in [1.82, 2.24) is 9.21 Å². The van der Waals surface area contributed by atoms with Crippen molar-refractivity contribution in [2.24, 2.45) is 0 Å². The minimum atomic E-state index is -3.51. The fourth-order valence-corrected chi connectivity index (χ4v) is 5.78. The number of nitrogens with one attached hydrogen (secondary N) is 1. The molecule has 0 aliphatic carbocycles. The molecule has 32 heavy (non-hydrogen) atoms. The molecule has 2 heterocycles. The molecule has 0 radical (unpaired) electrons. The van der Waals surface area contributed by atoms with Gasteiger partial charge in [-0.15, -0.1) is 0 Å². The Morgan fingerprint density at radius 3 is 2.38 bits per heavy atom. The Morgan fingerprint density at radius 1 is 1.00 bits per heavy atom. The number of rotatable bonds is 5. The van der Waals surface area contributed by atoms with Crippen LogP contribution in [0.25, 0.3) is 6.08 Å². The summed E-state index contributed by atoms with van der Waals surface area (Å²) < 4.78 is 27.1. The molecule has 2 aromatic rings. The minimum Gasteiger partial charge on any atom is -0.326 e. The third-order valence-corrected chi connectivity index (χ3v) is 7.85. The number of amides is 2. The number of benzene rings is 2. The first kappa shape index (κ1) is 22.2. The Hall–Kier alpha value is -2.97. The van der Waals surface area contributed by atoms with E-state index >= 15 is 0 Å². The van der Waals surface area contributed by atoms with Crippen LogP contribution in [0.4, 0.5) is 5.69 Å². The maximum atomic E-state index is 12.8. The summed E-state index contributed by atoms with van der Waals surface area (Å²) in [5.41, 5.74) is 2.42. The van der Waals surface area contributed by atoms with Gasteiger partial charge >= 0.3 is 0 Å². The molecule has 1 fully saturated rings. The SMILES string of the molecule is CC(=O)N1C=Cc2ccccc2[C@@H]1CC(=O)Nc1ccc(S(=O)(=O)N2CCCCC2)cc1. The quantitative estimate of drug-likeness (QED) is 0.747. The van der Waals surface area contributed by atoms with Gasteiger partial charge < -0.3 is 10.2 Å². The smallest absolute Gasteiger partial charge is 0.243 e. The summed E-state index contributed by atoms with van der Waals surface area (Å²) >= 11 is 0. The number of hydrogen-bond acceptors (Lipinski definition) is 4. The van der Waals surface area contributed by atoms with E-state index < -0.39 is 16.1 Å². The summed E-state index contributed by atoms with van der Waals surface area (Å²) in [5, 5.41) is 2.83. The Bertz CT molecular complexity index is 1140. The molecule has 0 unspecified atom stereocenters. The highest BCUT2D eigenvalue weighted by Crippen LogP contribution is 2.33. The van der Waals surface area contributed by atoms with E-state index in [0.717, 1.165) is 30.4 Å². The van der Waals surface area contributed by atoms with Crippen LogP contribution in [-0.4, -0.2) is 42.5 Å². The average Bonchev–Trinajstić information content (AvgIpc) is 2.80. The fraction of sp³-hybridized carbons (Fsp3) is 0.333. The monoisotopic (exact) mass is 453 g/mol. The van der Waals surface area contributed by atoms with Crippen molar-refractivity contribution in [1.29, 1.82) is 0 Å². The van der Waals surface area contributed by atoms with Crippen molar-refractivity contribution in [3.63, 3.8) is 0 Å². The maximum absolute atomic E-state index is 12.8. The van der Waals surface area contributed by atoms with Gasteiger partial charge in [0.25, 0.3) is 0 Å². The van der Waals surface area contributed by atoms with Gasteiger partial charge in [-0.2, -0.15) is 4.31 Å².